The number of fused-ring (bicyclic) bond motifs is 1. The lowest BCUT2D eigenvalue weighted by Gasteiger charge is -2.26. The van der Waals surface area contributed by atoms with Crippen molar-refractivity contribution in [2.75, 3.05) is 45.2 Å². The zero-order chi connectivity index (χ0) is 28.5. The second kappa shape index (κ2) is 14.3. The van der Waals surface area contributed by atoms with Gasteiger partial charge in [0.1, 0.15) is 17.0 Å². The van der Waals surface area contributed by atoms with Crippen molar-refractivity contribution in [2.24, 2.45) is 5.92 Å². The number of imidazole rings is 1. The van der Waals surface area contributed by atoms with E-state index in [2.05, 4.69) is 48.6 Å². The summed E-state index contributed by atoms with van der Waals surface area (Å²) >= 11 is 0. The molecule has 1 saturated heterocycles. The van der Waals surface area contributed by atoms with Crippen LogP contribution in [0, 0.1) is 5.92 Å². The Balaban J connectivity index is 1.62. The number of hydrogen-bond donors (Lipinski definition) is 1. The lowest BCUT2D eigenvalue weighted by molar-refractivity contribution is 0.0761. The summed E-state index contributed by atoms with van der Waals surface area (Å²) in [5, 5.41) is 3.48. The van der Waals surface area contributed by atoms with Gasteiger partial charge in [-0.2, -0.15) is 0 Å². The summed E-state index contributed by atoms with van der Waals surface area (Å²) in [4.78, 5) is 27.9. The molecular weight excluding hydrogens is 500 g/mol. The summed E-state index contributed by atoms with van der Waals surface area (Å²) in [7, 11) is 1.67. The van der Waals surface area contributed by atoms with Gasteiger partial charge in [-0.15, -0.1) is 0 Å². The van der Waals surface area contributed by atoms with Gasteiger partial charge in [0.2, 0.25) is 5.95 Å². The van der Waals surface area contributed by atoms with E-state index in [9.17, 15) is 4.79 Å². The van der Waals surface area contributed by atoms with Gasteiger partial charge in [0.25, 0.3) is 5.91 Å². The number of allylic oxidation sites excluding steroid dienone is 1. The molecule has 1 aliphatic rings. The van der Waals surface area contributed by atoms with Gasteiger partial charge in [0.15, 0.2) is 5.65 Å². The van der Waals surface area contributed by atoms with Gasteiger partial charge < -0.3 is 19.9 Å². The van der Waals surface area contributed by atoms with Crippen LogP contribution in [-0.2, 0) is 6.54 Å². The quantitative estimate of drug-likeness (QED) is 0.246. The number of likely N-dealkylation sites (tertiary alicyclic amines) is 1. The van der Waals surface area contributed by atoms with Gasteiger partial charge in [0, 0.05) is 25.3 Å². The maximum Gasteiger partial charge on any atom is 0.272 e. The fourth-order valence-corrected chi connectivity index (χ4v) is 5.01. The Kier molecular flexibility index (Phi) is 10.6. The Hall–Kier alpha value is -3.39. The average Bonchev–Trinajstić information content (AvgIpc) is 3.29. The molecule has 1 N–H and O–H groups in total. The van der Waals surface area contributed by atoms with E-state index in [1.54, 1.807) is 7.11 Å². The molecule has 0 radical (unpaired) electrons. The summed E-state index contributed by atoms with van der Waals surface area (Å²) in [6.45, 7) is 14.0. The van der Waals surface area contributed by atoms with E-state index in [1.165, 1.54) is 37.9 Å². The van der Waals surface area contributed by atoms with Gasteiger partial charge in [-0.05, 0) is 101 Å². The van der Waals surface area contributed by atoms with Gasteiger partial charge in [0.05, 0.1) is 7.11 Å². The molecule has 0 spiro atoms. The van der Waals surface area contributed by atoms with Crippen LogP contribution in [0.5, 0.6) is 5.75 Å². The molecule has 0 saturated carbocycles. The largest absolute Gasteiger partial charge is 0.497 e. The Bertz CT molecular complexity index is 1270. The number of carbonyl (C=O) groups is 1. The monoisotopic (exact) mass is 546 g/mol. The lowest BCUT2D eigenvalue weighted by Crippen LogP contribution is -2.33. The number of aryl methyl sites for hydroxylation is 1. The smallest absolute Gasteiger partial charge is 0.272 e. The Labute approximate surface area is 239 Å². The molecule has 1 fully saturated rings. The molecule has 8 heteroatoms. The van der Waals surface area contributed by atoms with Crippen LogP contribution in [0.3, 0.4) is 0 Å². The first-order valence-corrected chi connectivity index (χ1v) is 14.8. The first-order valence-electron chi connectivity index (χ1n) is 14.8. The molecule has 1 amide bonds. The minimum Gasteiger partial charge on any atom is -0.497 e. The highest BCUT2D eigenvalue weighted by Crippen LogP contribution is 2.25. The Morgan fingerprint density at radius 1 is 1.05 bits per heavy atom. The molecular formula is C32H46N6O2. The highest BCUT2D eigenvalue weighted by Gasteiger charge is 2.20. The molecule has 4 rings (SSSR count). The molecule has 0 atom stereocenters. The number of pyridine rings is 1. The van der Waals surface area contributed by atoms with Crippen molar-refractivity contribution < 1.29 is 9.53 Å². The highest BCUT2D eigenvalue weighted by atomic mass is 16.5. The first-order chi connectivity index (χ1) is 19.3. The number of methoxy groups -OCH3 is 1. The zero-order valence-corrected chi connectivity index (χ0v) is 24.9. The minimum atomic E-state index is -0.0363. The van der Waals surface area contributed by atoms with Gasteiger partial charge >= 0.3 is 0 Å². The van der Waals surface area contributed by atoms with Crippen LogP contribution in [0.2, 0.25) is 0 Å². The van der Waals surface area contributed by atoms with Gasteiger partial charge in [-0.3, -0.25) is 9.36 Å². The van der Waals surface area contributed by atoms with Crippen molar-refractivity contribution in [3.63, 3.8) is 0 Å². The van der Waals surface area contributed by atoms with Crippen molar-refractivity contribution in [1.29, 1.82) is 0 Å². The Morgan fingerprint density at radius 2 is 1.80 bits per heavy atom. The number of benzene rings is 1. The number of nitrogens with zero attached hydrogens (tertiary/aromatic N) is 5. The fraction of sp³-hybridized carbons (Fsp3) is 0.531. The number of aromatic nitrogens is 3. The summed E-state index contributed by atoms with van der Waals surface area (Å²) in [5.74, 6) is 2.02. The second-order valence-electron chi connectivity index (χ2n) is 11.5. The Morgan fingerprint density at radius 3 is 2.48 bits per heavy atom. The predicted octanol–water partition coefficient (Wildman–Crippen LogP) is 6.51. The van der Waals surface area contributed by atoms with Crippen molar-refractivity contribution in [2.45, 2.75) is 66.3 Å². The molecule has 1 aromatic carbocycles. The summed E-state index contributed by atoms with van der Waals surface area (Å²) in [5.41, 5.74) is 4.11. The summed E-state index contributed by atoms with van der Waals surface area (Å²) < 4.78 is 7.45. The maximum absolute atomic E-state index is 13.7. The standard InChI is InChI=1S/C32H46N6O2/c1-24(2)16-22-37(23-17-25(3)4)31(39)29-15-14-28-30(34-29)38(21-9-20-36-18-7-6-8-19-36)32(35-28)33-26-10-12-27(40-5)13-11-26/h10-16,25H,6-9,17-23H2,1-5H3,(H,33,35). The van der Waals surface area contributed by atoms with Crippen LogP contribution < -0.4 is 10.1 Å². The molecule has 3 heterocycles. The van der Waals surface area contributed by atoms with E-state index < -0.39 is 0 Å². The molecule has 2 aromatic heterocycles. The van der Waals surface area contributed by atoms with Crippen molar-refractivity contribution in [1.82, 2.24) is 24.3 Å². The first kappa shape index (κ1) is 29.6. The van der Waals surface area contributed by atoms with Crippen LogP contribution >= 0.6 is 0 Å². The van der Waals surface area contributed by atoms with Crippen LogP contribution in [0.25, 0.3) is 11.2 Å². The highest BCUT2D eigenvalue weighted by molar-refractivity contribution is 5.94. The zero-order valence-electron chi connectivity index (χ0n) is 24.9. The number of nitrogens with one attached hydrogen (secondary N) is 1. The number of piperidine rings is 1. The van der Waals surface area contributed by atoms with Crippen LogP contribution in [-0.4, -0.2) is 70.1 Å². The molecule has 0 bridgehead atoms. The summed E-state index contributed by atoms with van der Waals surface area (Å²) in [6, 6.07) is 11.6. The van der Waals surface area contributed by atoms with Crippen molar-refractivity contribution >= 4 is 28.7 Å². The molecule has 216 valence electrons. The van der Waals surface area contributed by atoms with E-state index >= 15 is 0 Å². The second-order valence-corrected chi connectivity index (χ2v) is 11.5. The van der Waals surface area contributed by atoms with Gasteiger partial charge in [-0.25, -0.2) is 9.97 Å². The molecule has 0 aliphatic carbocycles. The van der Waals surface area contributed by atoms with E-state index in [4.69, 9.17) is 14.7 Å². The molecule has 40 heavy (non-hydrogen) atoms. The molecule has 8 nitrogen and oxygen atoms in total. The minimum absolute atomic E-state index is 0.0363. The maximum atomic E-state index is 13.7. The molecule has 3 aromatic rings. The van der Waals surface area contributed by atoms with Crippen molar-refractivity contribution in [3.8, 4) is 5.75 Å². The van der Waals surface area contributed by atoms with Crippen molar-refractivity contribution in [3.05, 3.63) is 53.7 Å². The van der Waals surface area contributed by atoms with Crippen LogP contribution in [0.4, 0.5) is 11.6 Å². The lowest BCUT2D eigenvalue weighted by atomic mass is 10.1. The molecule has 0 unspecified atom stereocenters. The third-order valence-corrected chi connectivity index (χ3v) is 7.45. The fourth-order valence-electron chi connectivity index (χ4n) is 5.01. The number of hydrogen-bond acceptors (Lipinski definition) is 6. The number of ether oxygens (including phenoxy) is 1. The number of anilines is 2. The number of carbonyl (C=O) groups excluding carboxylic acids is 1. The summed E-state index contributed by atoms with van der Waals surface area (Å²) in [6.07, 6.45) is 7.95. The van der Waals surface area contributed by atoms with E-state index in [0.717, 1.165) is 54.5 Å². The molecule has 1 aliphatic heterocycles. The van der Waals surface area contributed by atoms with Crippen LogP contribution in [0.15, 0.2) is 48.0 Å². The van der Waals surface area contributed by atoms with E-state index in [0.29, 0.717) is 24.7 Å². The third-order valence-electron chi connectivity index (χ3n) is 7.45. The average molecular weight is 547 g/mol. The number of rotatable bonds is 13. The van der Waals surface area contributed by atoms with E-state index in [-0.39, 0.29) is 5.91 Å². The van der Waals surface area contributed by atoms with Crippen LogP contribution in [0.1, 0.15) is 70.3 Å². The van der Waals surface area contributed by atoms with E-state index in [1.807, 2.05) is 41.3 Å². The SMILES string of the molecule is COc1ccc(Nc2nc3ccc(C(=O)N(CC=C(C)C)CCC(C)C)nc3n2CCCN2CCCCC2)cc1. The van der Waals surface area contributed by atoms with Gasteiger partial charge in [-0.1, -0.05) is 31.9 Å². The third kappa shape index (κ3) is 8.07. The normalized spacial score (nSPS) is 13.9. The predicted molar refractivity (Wildman–Crippen MR) is 164 cm³/mol. The number of amides is 1. The topological polar surface area (TPSA) is 75.5 Å².